The molecule has 0 aliphatic heterocycles. The number of nitrogens with one attached hydrogen (secondary N) is 1. The summed E-state index contributed by atoms with van der Waals surface area (Å²) in [5, 5.41) is 4.04. The summed E-state index contributed by atoms with van der Waals surface area (Å²) in [6.07, 6.45) is 4.26. The number of nitrogens with zero attached hydrogens (tertiary/aromatic N) is 1. The summed E-state index contributed by atoms with van der Waals surface area (Å²) in [6, 6.07) is 6.38. The molecule has 3 nitrogen and oxygen atoms in total. The minimum atomic E-state index is 0.655. The molecule has 0 bridgehead atoms. The second-order valence-corrected chi connectivity index (χ2v) is 5.66. The van der Waals surface area contributed by atoms with Crippen LogP contribution in [-0.2, 0) is 6.54 Å². The Balaban J connectivity index is 1.76. The van der Waals surface area contributed by atoms with Crippen molar-refractivity contribution in [1.82, 2.24) is 10.3 Å². The lowest BCUT2D eigenvalue weighted by Crippen LogP contribution is -2.15. The number of oxazole rings is 1. The Morgan fingerprint density at radius 3 is 3.00 bits per heavy atom. The molecule has 0 atom stereocenters. The first-order valence-corrected chi connectivity index (χ1v) is 7.03. The van der Waals surface area contributed by atoms with Gasteiger partial charge in [-0.25, -0.2) is 4.98 Å². The number of rotatable bonds is 4. The Labute approximate surface area is 119 Å². The van der Waals surface area contributed by atoms with Crippen molar-refractivity contribution in [3.8, 4) is 11.3 Å². The zero-order valence-corrected chi connectivity index (χ0v) is 12.0. The van der Waals surface area contributed by atoms with Crippen molar-refractivity contribution in [1.29, 1.82) is 0 Å². The van der Waals surface area contributed by atoms with Crippen LogP contribution in [0.3, 0.4) is 0 Å². The first kappa shape index (κ1) is 12.2. The van der Waals surface area contributed by atoms with Crippen molar-refractivity contribution < 1.29 is 4.42 Å². The minimum Gasteiger partial charge on any atom is -0.439 e. The Kier molecular flexibility index (Phi) is 3.41. The van der Waals surface area contributed by atoms with Crippen molar-refractivity contribution in [2.45, 2.75) is 25.4 Å². The highest BCUT2D eigenvalue weighted by atomic mass is 79.9. The lowest BCUT2D eigenvalue weighted by Gasteiger charge is -2.00. The van der Waals surface area contributed by atoms with Crippen molar-refractivity contribution in [2.24, 2.45) is 0 Å². The van der Waals surface area contributed by atoms with Crippen molar-refractivity contribution in [3.63, 3.8) is 0 Å². The molecule has 0 spiro atoms. The molecule has 0 radical (unpaired) electrons. The smallest absolute Gasteiger partial charge is 0.208 e. The van der Waals surface area contributed by atoms with Crippen LogP contribution in [0.15, 0.2) is 33.3 Å². The second kappa shape index (κ2) is 5.03. The number of hydrogen-bond acceptors (Lipinski definition) is 3. The van der Waals surface area contributed by atoms with E-state index in [2.05, 4.69) is 26.2 Å². The predicted molar refractivity (Wildman–Crippen MR) is 74.5 cm³/mol. The largest absolute Gasteiger partial charge is 0.439 e. The fourth-order valence-corrected chi connectivity index (χ4v) is 2.12. The SMILES string of the molecule is Clc1cc(-c2cnc(CNC3CC3)o2)ccc1Br. The molecule has 1 aromatic carbocycles. The fraction of sp³-hybridized carbons (Fsp3) is 0.308. The summed E-state index contributed by atoms with van der Waals surface area (Å²) < 4.78 is 6.57. The van der Waals surface area contributed by atoms with Crippen LogP contribution in [0.5, 0.6) is 0 Å². The van der Waals surface area contributed by atoms with Gasteiger partial charge in [-0.1, -0.05) is 11.6 Å². The Hall–Kier alpha value is -0.840. The van der Waals surface area contributed by atoms with E-state index < -0.39 is 0 Å². The molecule has 0 saturated heterocycles. The van der Waals surface area contributed by atoms with E-state index in [4.69, 9.17) is 16.0 Å². The maximum Gasteiger partial charge on any atom is 0.208 e. The van der Waals surface area contributed by atoms with E-state index in [-0.39, 0.29) is 0 Å². The van der Waals surface area contributed by atoms with E-state index in [9.17, 15) is 0 Å². The van der Waals surface area contributed by atoms with Crippen LogP contribution < -0.4 is 5.32 Å². The number of aromatic nitrogens is 1. The van der Waals surface area contributed by atoms with Gasteiger partial charge in [0.15, 0.2) is 5.76 Å². The summed E-state index contributed by atoms with van der Waals surface area (Å²) >= 11 is 9.43. The molecule has 0 unspecified atom stereocenters. The summed E-state index contributed by atoms with van der Waals surface area (Å²) in [5.41, 5.74) is 0.938. The average molecular weight is 328 g/mol. The molecule has 1 aliphatic carbocycles. The van der Waals surface area contributed by atoms with Crippen LogP contribution in [0.25, 0.3) is 11.3 Å². The average Bonchev–Trinajstić information content (AvgIpc) is 3.08. The number of benzene rings is 1. The Morgan fingerprint density at radius 1 is 1.44 bits per heavy atom. The van der Waals surface area contributed by atoms with Crippen LogP contribution in [0.2, 0.25) is 5.02 Å². The van der Waals surface area contributed by atoms with Gasteiger partial charge >= 0.3 is 0 Å². The fourth-order valence-electron chi connectivity index (χ4n) is 1.69. The summed E-state index contributed by atoms with van der Waals surface area (Å²) in [4.78, 5) is 4.26. The molecule has 2 aromatic rings. The van der Waals surface area contributed by atoms with E-state index in [0.717, 1.165) is 21.7 Å². The standard InChI is InChI=1S/C13H12BrClN2O/c14-10-4-1-8(5-11(10)15)12-6-17-13(18-12)7-16-9-2-3-9/h1,4-6,9,16H,2-3,7H2. The normalized spacial score (nSPS) is 15.0. The number of halogens is 2. The van der Waals surface area contributed by atoms with Crippen LogP contribution in [0.1, 0.15) is 18.7 Å². The lowest BCUT2D eigenvalue weighted by molar-refractivity contribution is 0.476. The minimum absolute atomic E-state index is 0.655. The van der Waals surface area contributed by atoms with E-state index in [1.165, 1.54) is 12.8 Å². The third-order valence-corrected chi connectivity index (χ3v) is 4.11. The van der Waals surface area contributed by atoms with Gasteiger partial charge in [0.25, 0.3) is 0 Å². The first-order chi connectivity index (χ1) is 8.72. The van der Waals surface area contributed by atoms with E-state index in [0.29, 0.717) is 17.6 Å². The van der Waals surface area contributed by atoms with Gasteiger partial charge in [-0.05, 0) is 47.0 Å². The topological polar surface area (TPSA) is 38.1 Å². The van der Waals surface area contributed by atoms with Crippen molar-refractivity contribution in [2.75, 3.05) is 0 Å². The molecule has 1 aliphatic rings. The summed E-state index contributed by atoms with van der Waals surface area (Å²) in [6.45, 7) is 0.689. The third kappa shape index (κ3) is 2.76. The summed E-state index contributed by atoms with van der Waals surface area (Å²) in [5.74, 6) is 1.47. The van der Waals surface area contributed by atoms with Crippen LogP contribution >= 0.6 is 27.5 Å². The quantitative estimate of drug-likeness (QED) is 0.922. The van der Waals surface area contributed by atoms with Gasteiger partial charge in [0.1, 0.15) is 0 Å². The molecular weight excluding hydrogens is 316 g/mol. The zero-order valence-electron chi connectivity index (χ0n) is 9.62. The monoisotopic (exact) mass is 326 g/mol. The van der Waals surface area contributed by atoms with Crippen molar-refractivity contribution in [3.05, 3.63) is 39.8 Å². The van der Waals surface area contributed by atoms with Crippen molar-refractivity contribution >= 4 is 27.5 Å². The van der Waals surface area contributed by atoms with Gasteiger partial charge in [0, 0.05) is 16.1 Å². The third-order valence-electron chi connectivity index (χ3n) is 2.88. The maximum absolute atomic E-state index is 6.06. The highest BCUT2D eigenvalue weighted by Crippen LogP contribution is 2.29. The van der Waals surface area contributed by atoms with Gasteiger partial charge in [-0.15, -0.1) is 0 Å². The molecule has 1 N–H and O–H groups in total. The van der Waals surface area contributed by atoms with E-state index >= 15 is 0 Å². The molecule has 18 heavy (non-hydrogen) atoms. The highest BCUT2D eigenvalue weighted by Gasteiger charge is 2.21. The van der Waals surface area contributed by atoms with Crippen LogP contribution in [0, 0.1) is 0 Å². The molecular formula is C13H12BrClN2O. The lowest BCUT2D eigenvalue weighted by atomic mass is 10.2. The zero-order chi connectivity index (χ0) is 12.5. The molecule has 1 heterocycles. The Morgan fingerprint density at radius 2 is 2.28 bits per heavy atom. The maximum atomic E-state index is 6.06. The van der Waals surface area contributed by atoms with Gasteiger partial charge in [-0.2, -0.15) is 0 Å². The molecule has 1 saturated carbocycles. The van der Waals surface area contributed by atoms with Crippen LogP contribution in [-0.4, -0.2) is 11.0 Å². The summed E-state index contributed by atoms with van der Waals surface area (Å²) in [7, 11) is 0. The van der Waals surface area contributed by atoms with Gasteiger partial charge in [-0.3, -0.25) is 0 Å². The van der Waals surface area contributed by atoms with Gasteiger partial charge < -0.3 is 9.73 Å². The molecule has 1 aromatic heterocycles. The van der Waals surface area contributed by atoms with Gasteiger partial charge in [0.2, 0.25) is 5.89 Å². The Bertz CT molecular complexity index is 566. The van der Waals surface area contributed by atoms with E-state index in [1.807, 2.05) is 18.2 Å². The molecule has 1 fully saturated rings. The molecule has 94 valence electrons. The highest BCUT2D eigenvalue weighted by molar-refractivity contribution is 9.10. The van der Waals surface area contributed by atoms with E-state index in [1.54, 1.807) is 6.20 Å². The van der Waals surface area contributed by atoms with Crippen LogP contribution in [0.4, 0.5) is 0 Å². The number of hydrogen-bond donors (Lipinski definition) is 1. The first-order valence-electron chi connectivity index (χ1n) is 5.86. The second-order valence-electron chi connectivity index (χ2n) is 4.40. The molecule has 0 amide bonds. The molecule has 3 rings (SSSR count). The predicted octanol–water partition coefficient (Wildman–Crippen LogP) is 4.01. The van der Waals surface area contributed by atoms with Gasteiger partial charge in [0.05, 0.1) is 17.8 Å². The molecule has 5 heteroatoms.